The number of amides is 1. The minimum atomic E-state index is -1.82. The second-order valence-corrected chi connectivity index (χ2v) is 11.1. The molecule has 43 heavy (non-hydrogen) atoms. The molecule has 3 N–H and O–H groups in total. The number of ketones is 1. The Balaban J connectivity index is 0.000000641. The van der Waals surface area contributed by atoms with Crippen LogP contribution in [-0.2, 0) is 16.1 Å². The molecule has 0 bridgehead atoms. The van der Waals surface area contributed by atoms with Crippen molar-refractivity contribution in [1.82, 2.24) is 15.4 Å². The van der Waals surface area contributed by atoms with Crippen LogP contribution in [0.4, 0.5) is 8.78 Å². The number of nitrogens with zero attached hydrogens (tertiary/aromatic N) is 2. The summed E-state index contributed by atoms with van der Waals surface area (Å²) in [6.45, 7) is 2.98. The number of halogens is 2. The van der Waals surface area contributed by atoms with Crippen LogP contribution in [0.2, 0.25) is 0 Å². The number of carbonyl (C=O) groups is 4. The first-order valence-corrected chi connectivity index (χ1v) is 14.3. The van der Waals surface area contributed by atoms with Crippen molar-refractivity contribution in [1.29, 1.82) is 0 Å². The van der Waals surface area contributed by atoms with Gasteiger partial charge in [0.05, 0.1) is 17.1 Å². The van der Waals surface area contributed by atoms with Crippen LogP contribution in [0.25, 0.3) is 11.0 Å². The number of nitrogens with one attached hydrogen (secondary N) is 1. The van der Waals surface area contributed by atoms with Gasteiger partial charge < -0.3 is 25.0 Å². The third-order valence-electron chi connectivity index (χ3n) is 6.94. The first-order valence-electron chi connectivity index (χ1n) is 13.5. The molecule has 4 aromatic rings. The molecule has 226 valence electrons. The Morgan fingerprint density at radius 1 is 0.977 bits per heavy atom. The number of thiophene rings is 1. The minimum absolute atomic E-state index is 0.101. The Labute approximate surface area is 248 Å². The molecule has 1 saturated heterocycles. The number of carboxylic acid groups (broad SMARTS) is 2. The number of Topliss-reactive ketones (excluding diaryl/α,β-unsaturated/α-hetero) is 1. The van der Waals surface area contributed by atoms with Crippen molar-refractivity contribution in [3.63, 3.8) is 0 Å². The standard InChI is InChI=1S/C28H27F2N3O3S.C2H2O4/c29-20-4-1-3-19(15-20)28(35)31-17-22-7-9-26(37-22)24(34)5-2-12-33-13-10-18(11-14-33)27-23-8-6-21(30)16-25(23)36-32-27;3-1(4)2(5)6/h1,3-4,6-9,15-16,18H,2,5,10-14,17H2,(H,31,35);(H,3,4)(H,5,6). The molecule has 0 saturated carbocycles. The van der Waals surface area contributed by atoms with Gasteiger partial charge in [0.25, 0.3) is 5.91 Å². The lowest BCUT2D eigenvalue weighted by Crippen LogP contribution is -2.34. The van der Waals surface area contributed by atoms with Gasteiger partial charge >= 0.3 is 11.9 Å². The first-order chi connectivity index (χ1) is 20.6. The van der Waals surface area contributed by atoms with Gasteiger partial charge in [0.1, 0.15) is 11.6 Å². The fraction of sp³-hybridized carbons (Fsp3) is 0.300. The number of hydrogen-bond acceptors (Lipinski definition) is 8. The number of aliphatic carboxylic acids is 2. The SMILES string of the molecule is O=C(NCc1ccc(C(=O)CCCN2CCC(c3noc4cc(F)ccc34)CC2)s1)c1cccc(F)c1.O=C(O)C(=O)O. The Kier molecular flexibility index (Phi) is 10.7. The third kappa shape index (κ3) is 8.75. The van der Waals surface area contributed by atoms with E-state index in [1.165, 1.54) is 41.7 Å². The smallest absolute Gasteiger partial charge is 0.414 e. The van der Waals surface area contributed by atoms with Gasteiger partial charge in [-0.1, -0.05) is 11.2 Å². The monoisotopic (exact) mass is 613 g/mol. The molecule has 0 radical (unpaired) electrons. The highest BCUT2D eigenvalue weighted by atomic mass is 32.1. The first kappa shape index (κ1) is 31.4. The van der Waals surface area contributed by atoms with E-state index in [9.17, 15) is 18.4 Å². The van der Waals surface area contributed by atoms with Crippen LogP contribution in [0.1, 0.15) is 62.2 Å². The van der Waals surface area contributed by atoms with Crippen molar-refractivity contribution in [2.45, 2.75) is 38.1 Å². The molecule has 13 heteroatoms. The summed E-state index contributed by atoms with van der Waals surface area (Å²) in [5.41, 5.74) is 1.66. The largest absolute Gasteiger partial charge is 0.473 e. The summed E-state index contributed by atoms with van der Waals surface area (Å²) in [6, 6.07) is 13.7. The average Bonchev–Trinajstić information content (AvgIpc) is 3.64. The topological polar surface area (TPSA) is 150 Å². The molecule has 0 unspecified atom stereocenters. The zero-order chi connectivity index (χ0) is 30.9. The normalized spacial score (nSPS) is 13.7. The molecule has 1 fully saturated rings. The summed E-state index contributed by atoms with van der Waals surface area (Å²) in [5.74, 6) is -4.40. The van der Waals surface area contributed by atoms with E-state index in [1.54, 1.807) is 18.2 Å². The van der Waals surface area contributed by atoms with E-state index in [-0.39, 0.29) is 35.5 Å². The van der Waals surface area contributed by atoms with Crippen molar-refractivity contribution in [2.24, 2.45) is 0 Å². The van der Waals surface area contributed by atoms with Gasteiger partial charge in [-0.2, -0.15) is 0 Å². The highest BCUT2D eigenvalue weighted by Gasteiger charge is 2.25. The van der Waals surface area contributed by atoms with E-state index in [0.29, 0.717) is 16.9 Å². The van der Waals surface area contributed by atoms with Crippen molar-refractivity contribution >= 4 is 45.9 Å². The fourth-order valence-corrected chi connectivity index (χ4v) is 5.68. The molecule has 0 aliphatic carbocycles. The van der Waals surface area contributed by atoms with Crippen LogP contribution in [0.3, 0.4) is 0 Å². The van der Waals surface area contributed by atoms with E-state index >= 15 is 0 Å². The van der Waals surface area contributed by atoms with Crippen LogP contribution in [0.15, 0.2) is 59.1 Å². The lowest BCUT2D eigenvalue weighted by molar-refractivity contribution is -0.159. The summed E-state index contributed by atoms with van der Waals surface area (Å²) in [7, 11) is 0. The molecule has 10 nitrogen and oxygen atoms in total. The number of carbonyl (C=O) groups excluding carboxylic acids is 2. The van der Waals surface area contributed by atoms with E-state index in [0.717, 1.165) is 54.9 Å². The summed E-state index contributed by atoms with van der Waals surface area (Å²) in [4.78, 5) is 47.0. The van der Waals surface area contributed by atoms with Crippen LogP contribution in [0, 0.1) is 11.6 Å². The van der Waals surface area contributed by atoms with Crippen LogP contribution in [0.5, 0.6) is 0 Å². The number of carboxylic acids is 2. The number of rotatable bonds is 9. The molecule has 5 rings (SSSR count). The molecule has 0 atom stereocenters. The molecule has 1 amide bonds. The molecule has 0 spiro atoms. The van der Waals surface area contributed by atoms with Gasteiger partial charge in [-0.05, 0) is 81.4 Å². The molecule has 3 heterocycles. The second-order valence-electron chi connectivity index (χ2n) is 9.92. The zero-order valence-corrected chi connectivity index (χ0v) is 23.7. The number of fused-ring (bicyclic) bond motifs is 1. The Morgan fingerprint density at radius 2 is 1.70 bits per heavy atom. The van der Waals surface area contributed by atoms with Gasteiger partial charge in [-0.15, -0.1) is 11.3 Å². The number of piperidine rings is 1. The number of benzene rings is 2. The van der Waals surface area contributed by atoms with Crippen molar-refractivity contribution in [3.05, 3.63) is 87.2 Å². The average molecular weight is 614 g/mol. The third-order valence-corrected chi connectivity index (χ3v) is 8.07. The van der Waals surface area contributed by atoms with Crippen molar-refractivity contribution < 1.29 is 42.7 Å². The van der Waals surface area contributed by atoms with Gasteiger partial charge in [0, 0.05) is 34.2 Å². The van der Waals surface area contributed by atoms with Crippen LogP contribution >= 0.6 is 11.3 Å². The summed E-state index contributed by atoms with van der Waals surface area (Å²) < 4.78 is 32.0. The van der Waals surface area contributed by atoms with E-state index in [2.05, 4.69) is 15.4 Å². The Hall–Kier alpha value is -4.49. The molecule has 2 aromatic carbocycles. The minimum Gasteiger partial charge on any atom is -0.473 e. The van der Waals surface area contributed by atoms with E-state index in [1.807, 2.05) is 6.07 Å². The number of aromatic nitrogens is 1. The zero-order valence-electron chi connectivity index (χ0n) is 22.9. The summed E-state index contributed by atoms with van der Waals surface area (Å²) in [5, 5.41) is 22.6. The van der Waals surface area contributed by atoms with Gasteiger partial charge in [-0.25, -0.2) is 18.4 Å². The molecule has 2 aromatic heterocycles. The van der Waals surface area contributed by atoms with E-state index < -0.39 is 17.8 Å². The predicted molar refractivity (Wildman–Crippen MR) is 153 cm³/mol. The quantitative estimate of drug-likeness (QED) is 0.173. The van der Waals surface area contributed by atoms with E-state index in [4.69, 9.17) is 24.3 Å². The maximum absolute atomic E-state index is 13.4. The molecule has 1 aliphatic rings. The highest BCUT2D eigenvalue weighted by molar-refractivity contribution is 7.14. The lowest BCUT2D eigenvalue weighted by Gasteiger charge is -2.31. The molecule has 1 aliphatic heterocycles. The van der Waals surface area contributed by atoms with Gasteiger partial charge in [0.2, 0.25) is 0 Å². The summed E-state index contributed by atoms with van der Waals surface area (Å²) >= 11 is 1.38. The van der Waals surface area contributed by atoms with Crippen molar-refractivity contribution in [3.8, 4) is 0 Å². The van der Waals surface area contributed by atoms with Crippen LogP contribution < -0.4 is 5.32 Å². The van der Waals surface area contributed by atoms with Gasteiger partial charge in [-0.3, -0.25) is 9.59 Å². The van der Waals surface area contributed by atoms with Crippen LogP contribution in [-0.4, -0.2) is 63.5 Å². The Bertz CT molecular complexity index is 1600. The van der Waals surface area contributed by atoms with Gasteiger partial charge in [0.15, 0.2) is 11.4 Å². The Morgan fingerprint density at radius 3 is 2.40 bits per heavy atom. The number of likely N-dealkylation sites (tertiary alicyclic amines) is 1. The lowest BCUT2D eigenvalue weighted by atomic mass is 9.91. The second kappa shape index (κ2) is 14.6. The predicted octanol–water partition coefficient (Wildman–Crippen LogP) is 5.10. The van der Waals surface area contributed by atoms with Crippen molar-refractivity contribution in [2.75, 3.05) is 19.6 Å². The maximum Gasteiger partial charge on any atom is 0.414 e. The molecular formula is C30H29F2N3O7S. The maximum atomic E-state index is 13.4. The fourth-order valence-electron chi connectivity index (χ4n) is 4.76. The highest BCUT2D eigenvalue weighted by Crippen LogP contribution is 2.33. The molecular weight excluding hydrogens is 584 g/mol. The summed E-state index contributed by atoms with van der Waals surface area (Å²) in [6.07, 6.45) is 3.14. The number of hydrogen-bond donors (Lipinski definition) is 3.